The third-order valence-electron chi connectivity index (χ3n) is 3.25. The van der Waals surface area contributed by atoms with Crippen molar-refractivity contribution in [2.75, 3.05) is 6.61 Å². The minimum absolute atomic E-state index is 0.0757. The van der Waals surface area contributed by atoms with Crippen LogP contribution in [0, 0.1) is 5.82 Å². The van der Waals surface area contributed by atoms with Gasteiger partial charge in [-0.15, -0.1) is 0 Å². The summed E-state index contributed by atoms with van der Waals surface area (Å²) in [6.07, 6.45) is 2.95. The summed E-state index contributed by atoms with van der Waals surface area (Å²) in [6.45, 7) is 2.39. The zero-order chi connectivity index (χ0) is 16.2. The first-order chi connectivity index (χ1) is 11.2. The van der Waals surface area contributed by atoms with Crippen LogP contribution in [0.3, 0.4) is 0 Å². The molecule has 3 aromatic rings. The van der Waals surface area contributed by atoms with Crippen molar-refractivity contribution in [2.45, 2.75) is 13.7 Å². The van der Waals surface area contributed by atoms with Gasteiger partial charge in [-0.25, -0.2) is 19.2 Å². The van der Waals surface area contributed by atoms with Crippen LogP contribution in [0.2, 0.25) is 0 Å². The normalized spacial score (nSPS) is 10.9. The summed E-state index contributed by atoms with van der Waals surface area (Å²) in [7, 11) is 0. The minimum Gasteiger partial charge on any atom is -0.358 e. The number of halogens is 1. The van der Waals surface area contributed by atoms with Gasteiger partial charge in [-0.2, -0.15) is 4.74 Å². The van der Waals surface area contributed by atoms with Crippen molar-refractivity contribution < 1.29 is 13.7 Å². The van der Waals surface area contributed by atoms with Crippen LogP contribution in [-0.2, 0) is 11.5 Å². The Morgan fingerprint density at radius 3 is 2.70 bits per heavy atom. The Balaban J connectivity index is 2.20. The lowest BCUT2D eigenvalue weighted by molar-refractivity contribution is 0.0314. The van der Waals surface area contributed by atoms with Crippen molar-refractivity contribution >= 4 is 0 Å². The molecule has 1 aromatic carbocycles. The Bertz CT molecular complexity index is 841. The molecule has 0 aliphatic rings. The Kier molecular flexibility index (Phi) is 4.29. The zero-order valence-electron chi connectivity index (χ0n) is 12.4. The number of hydrogen-bond donors (Lipinski definition) is 0. The number of benzene rings is 1. The van der Waals surface area contributed by atoms with E-state index in [-0.39, 0.29) is 12.5 Å². The van der Waals surface area contributed by atoms with E-state index in [1.54, 1.807) is 12.3 Å². The number of nitrogens with zero attached hydrogens (tertiary/aromatic N) is 3. The lowest BCUT2D eigenvalue weighted by atomic mass is 10.0. The molecule has 2 aromatic heterocycles. The third kappa shape index (κ3) is 3.04. The summed E-state index contributed by atoms with van der Waals surface area (Å²) in [5, 5.41) is 0. The van der Waals surface area contributed by atoms with Gasteiger partial charge in [0, 0.05) is 12.8 Å². The molecule has 0 amide bonds. The Hall–Kier alpha value is -2.80. The summed E-state index contributed by atoms with van der Waals surface area (Å²) in [5.74, 6) is -0.379. The highest BCUT2D eigenvalue weighted by Gasteiger charge is 2.21. The second-order valence-electron chi connectivity index (χ2n) is 4.70. The van der Waals surface area contributed by atoms with E-state index in [2.05, 4.69) is 9.97 Å². The topological polar surface area (TPSA) is 70.2 Å². The molecular weight excluding hydrogens is 301 g/mol. The predicted molar refractivity (Wildman–Crippen MR) is 81.0 cm³/mol. The van der Waals surface area contributed by atoms with Crippen LogP contribution in [0.15, 0.2) is 52.2 Å². The summed E-state index contributed by atoms with van der Waals surface area (Å²) >= 11 is 0. The van der Waals surface area contributed by atoms with Crippen LogP contribution in [-0.4, -0.2) is 21.3 Å². The molecule has 0 N–H and O–H groups in total. The Morgan fingerprint density at radius 2 is 2.04 bits per heavy atom. The number of hydrogen-bond acceptors (Lipinski definition) is 5. The molecule has 7 heteroatoms. The van der Waals surface area contributed by atoms with Gasteiger partial charge in [0.05, 0.1) is 11.3 Å². The lowest BCUT2D eigenvalue weighted by Crippen LogP contribution is -2.04. The van der Waals surface area contributed by atoms with Crippen LogP contribution in [0.1, 0.15) is 6.92 Å². The summed E-state index contributed by atoms with van der Waals surface area (Å²) in [4.78, 5) is 20.4. The fraction of sp³-hybridized carbons (Fsp3) is 0.188. The molecule has 0 aliphatic carbocycles. The molecule has 0 atom stereocenters. The van der Waals surface area contributed by atoms with Crippen molar-refractivity contribution in [2.24, 2.45) is 0 Å². The highest BCUT2D eigenvalue weighted by molar-refractivity contribution is 5.78. The van der Waals surface area contributed by atoms with E-state index >= 15 is 0 Å². The largest absolute Gasteiger partial charge is 0.366 e. The molecule has 0 radical (unpaired) electrons. The smallest absolute Gasteiger partial charge is 0.358 e. The molecule has 3 rings (SSSR count). The van der Waals surface area contributed by atoms with E-state index in [9.17, 15) is 9.18 Å². The van der Waals surface area contributed by atoms with Gasteiger partial charge in [-0.1, -0.05) is 12.1 Å². The van der Waals surface area contributed by atoms with Crippen LogP contribution >= 0.6 is 0 Å². The molecule has 23 heavy (non-hydrogen) atoms. The van der Waals surface area contributed by atoms with Crippen LogP contribution < -0.4 is 5.63 Å². The maximum absolute atomic E-state index is 13.2. The number of ether oxygens (including phenoxy) is 1. The molecule has 2 heterocycles. The standard InChI is InChI=1S/C16H14FN3O3/c1-2-22-10-20-15(13-7-8-18-9-19-13)14(16(21)23-20)11-3-5-12(17)6-4-11/h3-9H,2,10H2,1H3. The fourth-order valence-corrected chi connectivity index (χ4v) is 2.24. The zero-order valence-corrected chi connectivity index (χ0v) is 12.4. The van der Waals surface area contributed by atoms with Gasteiger partial charge in [0.25, 0.3) is 0 Å². The van der Waals surface area contributed by atoms with Gasteiger partial charge in [-0.05, 0) is 30.7 Å². The van der Waals surface area contributed by atoms with Gasteiger partial charge in [-0.3, -0.25) is 0 Å². The van der Waals surface area contributed by atoms with Crippen LogP contribution in [0.25, 0.3) is 22.5 Å². The van der Waals surface area contributed by atoms with Crippen LogP contribution in [0.5, 0.6) is 0 Å². The van der Waals surface area contributed by atoms with E-state index in [4.69, 9.17) is 9.26 Å². The third-order valence-corrected chi connectivity index (χ3v) is 3.25. The van der Waals surface area contributed by atoms with Gasteiger partial charge >= 0.3 is 5.63 Å². The molecule has 0 aliphatic heterocycles. The maximum Gasteiger partial charge on any atom is 0.366 e. The van der Waals surface area contributed by atoms with E-state index in [1.165, 1.54) is 35.3 Å². The molecule has 0 spiro atoms. The van der Waals surface area contributed by atoms with Crippen molar-refractivity contribution in [1.29, 1.82) is 0 Å². The first-order valence-corrected chi connectivity index (χ1v) is 7.05. The Morgan fingerprint density at radius 1 is 1.26 bits per heavy atom. The van der Waals surface area contributed by atoms with Gasteiger partial charge in [0.15, 0.2) is 6.73 Å². The molecule has 6 nitrogen and oxygen atoms in total. The van der Waals surface area contributed by atoms with Gasteiger partial charge in [0.2, 0.25) is 0 Å². The number of aromatic nitrogens is 3. The number of rotatable bonds is 5. The highest BCUT2D eigenvalue weighted by Crippen LogP contribution is 2.29. The summed E-state index contributed by atoms with van der Waals surface area (Å²) in [5.41, 5.74) is 1.31. The molecule has 0 saturated carbocycles. The molecular formula is C16H14FN3O3. The summed E-state index contributed by atoms with van der Waals surface area (Å²) < 4.78 is 25.1. The van der Waals surface area contributed by atoms with Gasteiger partial charge in [0.1, 0.15) is 17.8 Å². The minimum atomic E-state index is -0.537. The first kappa shape index (κ1) is 15.1. The Labute approximate surface area is 131 Å². The maximum atomic E-state index is 13.2. The van der Waals surface area contributed by atoms with Crippen molar-refractivity contribution in [3.8, 4) is 22.5 Å². The molecule has 0 fully saturated rings. The second-order valence-corrected chi connectivity index (χ2v) is 4.70. The van der Waals surface area contributed by atoms with E-state index < -0.39 is 5.63 Å². The molecule has 0 unspecified atom stereocenters. The first-order valence-electron chi connectivity index (χ1n) is 7.05. The second kappa shape index (κ2) is 6.53. The van der Waals surface area contributed by atoms with Crippen molar-refractivity contribution in [1.82, 2.24) is 14.7 Å². The van der Waals surface area contributed by atoms with E-state index in [0.29, 0.717) is 29.1 Å². The van der Waals surface area contributed by atoms with Crippen LogP contribution in [0.4, 0.5) is 4.39 Å². The van der Waals surface area contributed by atoms with Crippen molar-refractivity contribution in [3.05, 3.63) is 59.1 Å². The van der Waals surface area contributed by atoms with E-state index in [1.807, 2.05) is 6.92 Å². The average molecular weight is 315 g/mol. The predicted octanol–water partition coefficient (Wildman–Crippen LogP) is 2.70. The quantitative estimate of drug-likeness (QED) is 0.724. The molecule has 118 valence electrons. The van der Waals surface area contributed by atoms with Gasteiger partial charge < -0.3 is 9.26 Å². The highest BCUT2D eigenvalue weighted by atomic mass is 19.1. The molecule has 0 bridgehead atoms. The fourth-order valence-electron chi connectivity index (χ4n) is 2.24. The monoisotopic (exact) mass is 315 g/mol. The van der Waals surface area contributed by atoms with E-state index in [0.717, 1.165) is 0 Å². The SMILES string of the molecule is CCOCn1oc(=O)c(-c2ccc(F)cc2)c1-c1ccncn1. The molecule has 0 saturated heterocycles. The van der Waals surface area contributed by atoms with Crippen molar-refractivity contribution in [3.63, 3.8) is 0 Å². The average Bonchev–Trinajstić information content (AvgIpc) is 2.91. The lowest BCUT2D eigenvalue weighted by Gasteiger charge is -2.07. The summed E-state index contributed by atoms with van der Waals surface area (Å²) in [6, 6.07) is 7.30.